The minimum Gasteiger partial charge on any atom is -0.481 e. The Morgan fingerprint density at radius 3 is 2.66 bits per heavy atom. The van der Waals surface area contributed by atoms with Gasteiger partial charge in [-0.05, 0) is 42.7 Å². The molecule has 0 radical (unpaired) electrons. The number of ether oxygens (including phenoxy) is 1. The van der Waals surface area contributed by atoms with Crippen molar-refractivity contribution in [3.8, 4) is 11.4 Å². The highest BCUT2D eigenvalue weighted by molar-refractivity contribution is 6.30. The molecule has 3 atom stereocenters. The fourth-order valence-corrected chi connectivity index (χ4v) is 4.89. The van der Waals surface area contributed by atoms with Crippen molar-refractivity contribution in [3.05, 3.63) is 81.0 Å². The van der Waals surface area contributed by atoms with Crippen molar-refractivity contribution in [2.45, 2.75) is 31.1 Å². The third kappa shape index (κ3) is 3.62. The van der Waals surface area contributed by atoms with Gasteiger partial charge < -0.3 is 14.4 Å². The molecule has 32 heavy (non-hydrogen) atoms. The molecule has 6 nitrogen and oxygen atoms in total. The molecule has 1 unspecified atom stereocenters. The second-order valence-electron chi connectivity index (χ2n) is 8.38. The molecule has 3 aromatic rings. The van der Waals surface area contributed by atoms with Gasteiger partial charge >= 0.3 is 5.69 Å². The second-order valence-corrected chi connectivity index (χ2v) is 8.82. The highest BCUT2D eigenvalue weighted by Gasteiger charge is 2.42. The number of aliphatic hydroxyl groups is 1. The van der Waals surface area contributed by atoms with Crippen molar-refractivity contribution in [1.82, 2.24) is 14.0 Å². The van der Waals surface area contributed by atoms with Gasteiger partial charge in [-0.3, -0.25) is 9.47 Å². The van der Waals surface area contributed by atoms with Gasteiger partial charge in [0.15, 0.2) is 11.6 Å². The lowest BCUT2D eigenvalue weighted by atomic mass is 10.1. The molecule has 1 saturated heterocycles. The molecule has 1 N–H and O–H groups in total. The number of imidazole rings is 1. The Kier molecular flexibility index (Phi) is 5.31. The fourth-order valence-electron chi connectivity index (χ4n) is 4.68. The molecular weight excluding hydrogens is 440 g/mol. The number of nitrogens with zero attached hydrogens (tertiary/aromatic N) is 3. The highest BCUT2D eigenvalue weighted by Crippen LogP contribution is 2.42. The monoisotopic (exact) mass is 461 g/mol. The van der Waals surface area contributed by atoms with E-state index in [4.69, 9.17) is 16.3 Å². The Morgan fingerprint density at radius 1 is 1.16 bits per heavy atom. The maximum Gasteiger partial charge on any atom is 0.332 e. The fraction of sp³-hybridized carbons (Fsp3) is 0.348. The van der Waals surface area contributed by atoms with Gasteiger partial charge in [0.25, 0.3) is 0 Å². The van der Waals surface area contributed by atoms with Crippen LogP contribution in [0.15, 0.2) is 47.5 Å². The molecule has 5 rings (SSSR count). The number of hydrogen-bond donors (Lipinski definition) is 1. The smallest absolute Gasteiger partial charge is 0.332 e. The van der Waals surface area contributed by atoms with E-state index in [0.717, 1.165) is 0 Å². The Bertz CT molecular complexity index is 1240. The van der Waals surface area contributed by atoms with Crippen LogP contribution in [0.3, 0.4) is 0 Å². The van der Waals surface area contributed by atoms with Crippen LogP contribution in [0.1, 0.15) is 23.7 Å². The second kappa shape index (κ2) is 8.03. The number of likely N-dealkylation sites (tertiary alicyclic amines) is 1. The van der Waals surface area contributed by atoms with Crippen molar-refractivity contribution < 1.29 is 18.6 Å². The number of β-amino-alcohol motifs (C(OH)–C–C–N with tert-alkyl or cyclic N) is 1. The van der Waals surface area contributed by atoms with Gasteiger partial charge in [-0.15, -0.1) is 0 Å². The zero-order valence-corrected chi connectivity index (χ0v) is 18.1. The van der Waals surface area contributed by atoms with Crippen molar-refractivity contribution in [2.75, 3.05) is 13.1 Å². The van der Waals surface area contributed by atoms with Crippen LogP contribution in [-0.2, 0) is 13.5 Å². The van der Waals surface area contributed by atoms with Gasteiger partial charge in [-0.2, -0.15) is 0 Å². The first-order valence-corrected chi connectivity index (χ1v) is 10.8. The molecule has 0 bridgehead atoms. The van der Waals surface area contributed by atoms with Crippen molar-refractivity contribution in [1.29, 1.82) is 0 Å². The van der Waals surface area contributed by atoms with Crippen LogP contribution in [0.5, 0.6) is 5.75 Å². The summed E-state index contributed by atoms with van der Waals surface area (Å²) in [5.74, 6) is -1.05. The van der Waals surface area contributed by atoms with Crippen LogP contribution in [0, 0.1) is 11.6 Å². The first-order valence-electron chi connectivity index (χ1n) is 10.4. The normalized spacial score (nSPS) is 23.0. The summed E-state index contributed by atoms with van der Waals surface area (Å²) in [6.45, 7) is 1.08. The van der Waals surface area contributed by atoms with E-state index in [1.807, 2.05) is 4.90 Å². The van der Waals surface area contributed by atoms with E-state index in [2.05, 4.69) is 0 Å². The van der Waals surface area contributed by atoms with E-state index < -0.39 is 23.8 Å². The average Bonchev–Trinajstić information content (AvgIpc) is 3.42. The van der Waals surface area contributed by atoms with E-state index in [-0.39, 0.29) is 22.5 Å². The average molecular weight is 462 g/mol. The summed E-state index contributed by atoms with van der Waals surface area (Å²) in [6, 6.07) is 6.84. The lowest BCUT2D eigenvalue weighted by Crippen LogP contribution is -2.39. The van der Waals surface area contributed by atoms with Crippen LogP contribution in [0.2, 0.25) is 5.02 Å². The number of aliphatic hydroxyl groups excluding tert-OH is 1. The number of rotatable bonds is 4. The van der Waals surface area contributed by atoms with Gasteiger partial charge in [0.2, 0.25) is 0 Å². The molecule has 1 aromatic heterocycles. The third-order valence-corrected chi connectivity index (χ3v) is 6.54. The molecule has 1 fully saturated rings. The maximum absolute atomic E-state index is 14.8. The van der Waals surface area contributed by atoms with Crippen molar-refractivity contribution >= 4 is 11.6 Å². The topological polar surface area (TPSA) is 59.6 Å². The Balaban J connectivity index is 1.54. The van der Waals surface area contributed by atoms with Crippen LogP contribution >= 0.6 is 11.6 Å². The Hall–Kier alpha value is -2.68. The van der Waals surface area contributed by atoms with Crippen LogP contribution in [-0.4, -0.2) is 44.4 Å². The largest absolute Gasteiger partial charge is 0.481 e. The Morgan fingerprint density at radius 2 is 1.97 bits per heavy atom. The first kappa shape index (κ1) is 21.2. The summed E-state index contributed by atoms with van der Waals surface area (Å²) in [5, 5.41) is 10.3. The third-order valence-electron chi connectivity index (χ3n) is 6.32. The van der Waals surface area contributed by atoms with Gasteiger partial charge in [0.05, 0.1) is 17.8 Å². The number of hydrogen-bond acceptors (Lipinski definition) is 4. The minimum atomic E-state index is -0.680. The van der Waals surface area contributed by atoms with E-state index in [1.54, 1.807) is 25.5 Å². The summed E-state index contributed by atoms with van der Waals surface area (Å²) in [6.07, 6.45) is 3.05. The minimum absolute atomic E-state index is 0.0405. The molecule has 2 aliphatic rings. The summed E-state index contributed by atoms with van der Waals surface area (Å²) in [4.78, 5) is 14.4. The zero-order chi connectivity index (χ0) is 22.6. The summed E-state index contributed by atoms with van der Waals surface area (Å²) < 4.78 is 38.4. The molecule has 168 valence electrons. The number of benzene rings is 2. The van der Waals surface area contributed by atoms with E-state index >= 15 is 0 Å². The number of fused-ring (bicyclic) bond motifs is 1. The predicted octanol–water partition coefficient (Wildman–Crippen LogP) is 3.22. The van der Waals surface area contributed by atoms with E-state index in [1.165, 1.54) is 33.4 Å². The SMILES string of the molecule is Cn1ccn(-c2ccc(F)c(O[C@H]3c4cc(Cl)cc(F)c4C[C@@H]3N3CCC(O)C3)c2)c1=O. The zero-order valence-electron chi connectivity index (χ0n) is 17.3. The molecule has 2 heterocycles. The van der Waals surface area contributed by atoms with Crippen LogP contribution in [0.4, 0.5) is 8.78 Å². The predicted molar refractivity (Wildman–Crippen MR) is 115 cm³/mol. The summed E-state index contributed by atoms with van der Waals surface area (Å²) in [7, 11) is 1.63. The van der Waals surface area contributed by atoms with E-state index in [0.29, 0.717) is 42.7 Å². The maximum atomic E-state index is 14.8. The van der Waals surface area contributed by atoms with Crippen molar-refractivity contribution in [2.24, 2.45) is 7.05 Å². The number of halogens is 3. The summed E-state index contributed by atoms with van der Waals surface area (Å²) in [5.41, 5.74) is 1.24. The van der Waals surface area contributed by atoms with Gasteiger partial charge in [-0.25, -0.2) is 13.6 Å². The lowest BCUT2D eigenvalue weighted by molar-refractivity contribution is 0.0790. The van der Waals surface area contributed by atoms with Crippen LogP contribution < -0.4 is 10.4 Å². The first-order chi connectivity index (χ1) is 15.3. The van der Waals surface area contributed by atoms with Crippen molar-refractivity contribution in [3.63, 3.8) is 0 Å². The van der Waals surface area contributed by atoms with Gasteiger partial charge in [0.1, 0.15) is 11.9 Å². The Labute approximate surface area is 188 Å². The van der Waals surface area contributed by atoms with Crippen LogP contribution in [0.25, 0.3) is 5.69 Å². The van der Waals surface area contributed by atoms with E-state index in [9.17, 15) is 18.7 Å². The quantitative estimate of drug-likeness (QED) is 0.648. The molecule has 2 aromatic carbocycles. The number of aromatic nitrogens is 2. The lowest BCUT2D eigenvalue weighted by Gasteiger charge is -2.30. The molecule has 0 spiro atoms. The summed E-state index contributed by atoms with van der Waals surface area (Å²) >= 11 is 6.12. The highest BCUT2D eigenvalue weighted by atomic mass is 35.5. The molecular formula is C23H22ClF2N3O3. The van der Waals surface area contributed by atoms with Gasteiger partial charge in [-0.1, -0.05) is 11.6 Å². The van der Waals surface area contributed by atoms with Gasteiger partial charge in [0, 0.05) is 49.2 Å². The molecule has 0 saturated carbocycles. The molecule has 0 amide bonds. The number of aryl methyl sites for hydroxylation is 1. The molecule has 1 aliphatic heterocycles. The standard InChI is InChI=1S/C23H22ClF2N3O3/c1-27-6-7-29(23(27)31)14-2-3-18(25)21(10-14)32-22-17-8-13(24)9-19(26)16(17)11-20(22)28-5-4-15(30)12-28/h2-3,6-10,15,20,22,30H,4-5,11-12H2,1H3/t15?,20-,22-/m0/s1. The molecule has 1 aliphatic carbocycles. The molecule has 9 heteroatoms.